The molecule has 1 aromatic heterocycles. The van der Waals surface area contributed by atoms with Crippen LogP contribution in [0, 0.1) is 0 Å². The lowest BCUT2D eigenvalue weighted by atomic mass is 10.2. The summed E-state index contributed by atoms with van der Waals surface area (Å²) in [5, 5.41) is 9.53. The molecule has 0 radical (unpaired) electrons. The summed E-state index contributed by atoms with van der Waals surface area (Å²) < 4.78 is 0. The van der Waals surface area contributed by atoms with Crippen LogP contribution < -0.4 is 0 Å². The Balaban J connectivity index is 1.88. The number of aryl methyl sites for hydroxylation is 1. The van der Waals surface area contributed by atoms with Gasteiger partial charge < -0.3 is 5.11 Å². The lowest BCUT2D eigenvalue weighted by Gasteiger charge is -2.04. The van der Waals surface area contributed by atoms with Crippen LogP contribution in [0.3, 0.4) is 0 Å². The van der Waals surface area contributed by atoms with Crippen LogP contribution in [0.2, 0.25) is 0 Å². The summed E-state index contributed by atoms with van der Waals surface area (Å²) in [5.74, 6) is 0.831. The summed E-state index contributed by atoms with van der Waals surface area (Å²) in [6, 6.07) is 1.80. The highest BCUT2D eigenvalue weighted by Gasteiger charge is 2.39. The summed E-state index contributed by atoms with van der Waals surface area (Å²) in [6.07, 6.45) is 6.95. The fraction of sp³-hybridized carbons (Fsp3) is 0.556. The molecule has 0 saturated heterocycles. The number of nitrogens with zero attached hydrogens (tertiary/aromatic N) is 2. The van der Waals surface area contributed by atoms with Gasteiger partial charge in [0.1, 0.15) is 5.82 Å². The molecule has 12 heavy (non-hydrogen) atoms. The highest BCUT2D eigenvalue weighted by Crippen LogP contribution is 2.38. The molecule has 1 aliphatic rings. The maximum absolute atomic E-state index is 9.53. The molecule has 0 amide bonds. The first-order chi connectivity index (χ1) is 5.79. The fourth-order valence-corrected chi connectivity index (χ4v) is 1.20. The van der Waals surface area contributed by atoms with E-state index in [4.69, 9.17) is 0 Å². The third kappa shape index (κ3) is 1.80. The number of aliphatic hydroxyl groups is 1. The minimum atomic E-state index is -0.376. The van der Waals surface area contributed by atoms with Gasteiger partial charge in [0.2, 0.25) is 0 Å². The zero-order valence-corrected chi connectivity index (χ0v) is 6.90. The van der Waals surface area contributed by atoms with Crippen LogP contribution in [0.4, 0.5) is 0 Å². The quantitative estimate of drug-likeness (QED) is 0.723. The van der Waals surface area contributed by atoms with Gasteiger partial charge >= 0.3 is 0 Å². The van der Waals surface area contributed by atoms with Gasteiger partial charge in [0.25, 0.3) is 0 Å². The van der Waals surface area contributed by atoms with E-state index in [1.807, 2.05) is 0 Å². The van der Waals surface area contributed by atoms with Crippen molar-refractivity contribution in [1.29, 1.82) is 0 Å². The van der Waals surface area contributed by atoms with Crippen molar-refractivity contribution in [3.63, 3.8) is 0 Å². The number of hydrogen-bond donors (Lipinski definition) is 1. The molecule has 0 atom stereocenters. The second-order valence-corrected chi connectivity index (χ2v) is 3.39. The van der Waals surface area contributed by atoms with Crippen LogP contribution in [0.5, 0.6) is 0 Å². The topological polar surface area (TPSA) is 46.0 Å². The van der Waals surface area contributed by atoms with Gasteiger partial charge in [-0.1, -0.05) is 0 Å². The van der Waals surface area contributed by atoms with E-state index in [0.717, 1.165) is 31.5 Å². The zero-order valence-electron chi connectivity index (χ0n) is 6.90. The Kier molecular flexibility index (Phi) is 1.81. The van der Waals surface area contributed by atoms with Gasteiger partial charge in [-0.05, 0) is 25.3 Å². The molecule has 1 fully saturated rings. The average molecular weight is 164 g/mol. The third-order valence-electron chi connectivity index (χ3n) is 2.26. The molecule has 0 aromatic carbocycles. The second-order valence-electron chi connectivity index (χ2n) is 3.39. The predicted molar refractivity (Wildman–Crippen MR) is 44.5 cm³/mol. The standard InChI is InChI=1S/C9H12N2O/c12-9(4-5-9)3-2-8-10-6-1-7-11-8/h1,6-7,12H,2-5H2. The lowest BCUT2D eigenvalue weighted by molar-refractivity contribution is 0.140. The molecule has 2 rings (SSSR count). The summed E-state index contributed by atoms with van der Waals surface area (Å²) in [4.78, 5) is 8.17. The molecule has 1 aromatic rings. The maximum Gasteiger partial charge on any atom is 0.128 e. The Morgan fingerprint density at radius 1 is 1.33 bits per heavy atom. The molecule has 1 N–H and O–H groups in total. The molecule has 0 unspecified atom stereocenters. The molecular formula is C9H12N2O. The van der Waals surface area contributed by atoms with Crippen molar-refractivity contribution in [3.05, 3.63) is 24.3 Å². The monoisotopic (exact) mass is 164 g/mol. The first kappa shape index (κ1) is 7.68. The number of hydrogen-bond acceptors (Lipinski definition) is 3. The normalized spacial score (nSPS) is 19.1. The van der Waals surface area contributed by atoms with E-state index in [1.54, 1.807) is 18.5 Å². The van der Waals surface area contributed by atoms with Gasteiger partial charge in [-0.15, -0.1) is 0 Å². The Bertz CT molecular complexity index is 256. The van der Waals surface area contributed by atoms with Gasteiger partial charge in [0.15, 0.2) is 0 Å². The van der Waals surface area contributed by atoms with Crippen molar-refractivity contribution in [2.45, 2.75) is 31.3 Å². The van der Waals surface area contributed by atoms with Crippen LogP contribution in [0.15, 0.2) is 18.5 Å². The van der Waals surface area contributed by atoms with Crippen molar-refractivity contribution >= 4 is 0 Å². The Morgan fingerprint density at radius 2 is 2.00 bits per heavy atom. The van der Waals surface area contributed by atoms with E-state index in [-0.39, 0.29) is 5.60 Å². The van der Waals surface area contributed by atoms with Gasteiger partial charge in [-0.3, -0.25) is 0 Å². The minimum absolute atomic E-state index is 0.376. The van der Waals surface area contributed by atoms with Crippen LogP contribution >= 0.6 is 0 Å². The Labute approximate surface area is 71.5 Å². The SMILES string of the molecule is OC1(CCc2ncccn2)CC1. The third-order valence-corrected chi connectivity index (χ3v) is 2.26. The molecule has 1 aliphatic carbocycles. The summed E-state index contributed by atoms with van der Waals surface area (Å²) in [6.45, 7) is 0. The molecular weight excluding hydrogens is 152 g/mol. The Hall–Kier alpha value is -0.960. The van der Waals surface area contributed by atoms with Gasteiger partial charge in [-0.2, -0.15) is 0 Å². The van der Waals surface area contributed by atoms with E-state index in [1.165, 1.54) is 0 Å². The lowest BCUT2D eigenvalue weighted by Crippen LogP contribution is -2.09. The van der Waals surface area contributed by atoms with E-state index >= 15 is 0 Å². The highest BCUT2D eigenvalue weighted by molar-refractivity contribution is 4.97. The van der Waals surface area contributed by atoms with E-state index < -0.39 is 0 Å². The molecule has 3 heteroatoms. The van der Waals surface area contributed by atoms with E-state index in [9.17, 15) is 5.11 Å². The molecule has 1 heterocycles. The minimum Gasteiger partial charge on any atom is -0.390 e. The molecule has 1 saturated carbocycles. The van der Waals surface area contributed by atoms with Crippen molar-refractivity contribution in [1.82, 2.24) is 9.97 Å². The second kappa shape index (κ2) is 2.83. The molecule has 64 valence electrons. The van der Waals surface area contributed by atoms with Crippen molar-refractivity contribution < 1.29 is 5.11 Å². The van der Waals surface area contributed by atoms with E-state index in [0.29, 0.717) is 0 Å². The van der Waals surface area contributed by atoms with Crippen molar-refractivity contribution in [2.75, 3.05) is 0 Å². The van der Waals surface area contributed by atoms with Gasteiger partial charge in [-0.25, -0.2) is 9.97 Å². The summed E-state index contributed by atoms with van der Waals surface area (Å²) in [7, 11) is 0. The number of aromatic nitrogens is 2. The molecule has 0 spiro atoms. The zero-order chi connectivity index (χ0) is 8.44. The van der Waals surface area contributed by atoms with E-state index in [2.05, 4.69) is 9.97 Å². The molecule has 0 bridgehead atoms. The van der Waals surface area contributed by atoms with Crippen molar-refractivity contribution in [2.24, 2.45) is 0 Å². The summed E-state index contributed by atoms with van der Waals surface area (Å²) in [5.41, 5.74) is -0.376. The maximum atomic E-state index is 9.53. The highest BCUT2D eigenvalue weighted by atomic mass is 16.3. The fourth-order valence-electron chi connectivity index (χ4n) is 1.20. The smallest absolute Gasteiger partial charge is 0.128 e. The van der Waals surface area contributed by atoms with Crippen LogP contribution in [-0.4, -0.2) is 20.7 Å². The Morgan fingerprint density at radius 3 is 2.58 bits per heavy atom. The van der Waals surface area contributed by atoms with Gasteiger partial charge in [0.05, 0.1) is 5.60 Å². The van der Waals surface area contributed by atoms with Crippen LogP contribution in [0.1, 0.15) is 25.1 Å². The van der Waals surface area contributed by atoms with Crippen LogP contribution in [0.25, 0.3) is 0 Å². The largest absolute Gasteiger partial charge is 0.390 e. The first-order valence-electron chi connectivity index (χ1n) is 4.27. The number of rotatable bonds is 3. The first-order valence-corrected chi connectivity index (χ1v) is 4.27. The van der Waals surface area contributed by atoms with Crippen LogP contribution in [-0.2, 0) is 6.42 Å². The van der Waals surface area contributed by atoms with Gasteiger partial charge in [0, 0.05) is 18.8 Å². The molecule has 3 nitrogen and oxygen atoms in total. The average Bonchev–Trinajstić information content (AvgIpc) is 2.84. The van der Waals surface area contributed by atoms with Crippen molar-refractivity contribution in [3.8, 4) is 0 Å². The summed E-state index contributed by atoms with van der Waals surface area (Å²) >= 11 is 0. The molecule has 0 aliphatic heterocycles. The predicted octanol–water partition coefficient (Wildman–Crippen LogP) is 0.934.